The molecular formula is C24H36O4. The van der Waals surface area contributed by atoms with Gasteiger partial charge in [0, 0.05) is 25.7 Å². The van der Waals surface area contributed by atoms with E-state index in [4.69, 9.17) is 9.47 Å². The smallest absolute Gasteiger partial charge is 0.302 e. The highest BCUT2D eigenvalue weighted by Crippen LogP contribution is 2.66. The van der Waals surface area contributed by atoms with Crippen LogP contribution in [0.25, 0.3) is 0 Å². The van der Waals surface area contributed by atoms with Crippen molar-refractivity contribution in [2.24, 2.45) is 34.5 Å². The van der Waals surface area contributed by atoms with E-state index in [1.807, 2.05) is 0 Å². The average Bonchev–Trinajstić information content (AvgIpc) is 2.85. The summed E-state index contributed by atoms with van der Waals surface area (Å²) in [5, 5.41) is 0. The number of fused-ring (bicyclic) bond motifs is 5. The third-order valence-electron chi connectivity index (χ3n) is 8.91. The molecule has 0 aromatic carbocycles. The van der Waals surface area contributed by atoms with Crippen LogP contribution in [0.3, 0.4) is 0 Å². The summed E-state index contributed by atoms with van der Waals surface area (Å²) in [7, 11) is 0. The molecule has 0 amide bonds. The lowest BCUT2D eigenvalue weighted by atomic mass is 9.48. The quantitative estimate of drug-likeness (QED) is 0.490. The molecule has 0 aliphatic heterocycles. The third kappa shape index (κ3) is 3.02. The van der Waals surface area contributed by atoms with E-state index in [2.05, 4.69) is 26.8 Å². The molecule has 156 valence electrons. The lowest BCUT2D eigenvalue weighted by Gasteiger charge is -2.57. The molecule has 28 heavy (non-hydrogen) atoms. The van der Waals surface area contributed by atoms with Crippen molar-refractivity contribution >= 4 is 11.9 Å². The van der Waals surface area contributed by atoms with E-state index in [0.717, 1.165) is 32.1 Å². The Morgan fingerprint density at radius 3 is 2.43 bits per heavy atom. The molecule has 0 aromatic rings. The van der Waals surface area contributed by atoms with Crippen molar-refractivity contribution in [3.63, 3.8) is 0 Å². The molecule has 4 aliphatic carbocycles. The maximum absolute atomic E-state index is 11.7. The van der Waals surface area contributed by atoms with Crippen LogP contribution in [-0.2, 0) is 19.1 Å². The van der Waals surface area contributed by atoms with E-state index in [-0.39, 0.29) is 35.0 Å². The summed E-state index contributed by atoms with van der Waals surface area (Å²) in [6, 6.07) is 0. The zero-order chi connectivity index (χ0) is 20.3. The number of allylic oxidation sites excluding steroid dienone is 1. The molecule has 0 aromatic heterocycles. The zero-order valence-electron chi connectivity index (χ0n) is 18.1. The Hall–Kier alpha value is -1.32. The van der Waals surface area contributed by atoms with Gasteiger partial charge in [-0.25, -0.2) is 0 Å². The highest BCUT2D eigenvalue weighted by atomic mass is 16.5. The van der Waals surface area contributed by atoms with Crippen LogP contribution in [0.15, 0.2) is 11.6 Å². The molecule has 3 saturated carbocycles. The van der Waals surface area contributed by atoms with Crippen LogP contribution in [0, 0.1) is 34.5 Å². The van der Waals surface area contributed by atoms with Crippen LogP contribution in [0.2, 0.25) is 0 Å². The largest absolute Gasteiger partial charge is 0.462 e. The molecule has 4 heteroatoms. The first-order valence-corrected chi connectivity index (χ1v) is 11.2. The van der Waals surface area contributed by atoms with E-state index in [1.54, 1.807) is 6.92 Å². The normalized spacial score (nSPS) is 47.2. The molecule has 0 heterocycles. The lowest BCUT2D eigenvalue weighted by molar-refractivity contribution is -0.159. The van der Waals surface area contributed by atoms with Gasteiger partial charge in [0.15, 0.2) is 0 Å². The van der Waals surface area contributed by atoms with Gasteiger partial charge in [0.1, 0.15) is 12.2 Å². The minimum Gasteiger partial charge on any atom is -0.462 e. The fourth-order valence-electron chi connectivity index (χ4n) is 7.71. The van der Waals surface area contributed by atoms with Gasteiger partial charge < -0.3 is 9.47 Å². The molecule has 0 saturated heterocycles. The summed E-state index contributed by atoms with van der Waals surface area (Å²) in [5.74, 6) is 2.16. The second kappa shape index (κ2) is 6.88. The highest BCUT2D eigenvalue weighted by Gasteiger charge is 2.61. The van der Waals surface area contributed by atoms with E-state index in [1.165, 1.54) is 25.3 Å². The molecule has 4 rings (SSSR count). The van der Waals surface area contributed by atoms with Crippen molar-refractivity contribution in [2.45, 2.75) is 91.8 Å². The predicted octanol–water partition coefficient (Wildman–Crippen LogP) is 5.06. The molecule has 4 nitrogen and oxygen atoms in total. The van der Waals surface area contributed by atoms with Gasteiger partial charge in [-0.05, 0) is 67.6 Å². The SMILES string of the molecule is CC(=O)O[C@H]1CC[C@@]2(C)C(=CC[C@H]3[C@@H]4C[C@@H](C)[C@H](OC(C)=O)[C@@]4(C)CC[C@@H]32)C1. The van der Waals surface area contributed by atoms with Crippen LogP contribution in [0.5, 0.6) is 0 Å². The zero-order valence-corrected chi connectivity index (χ0v) is 18.1. The maximum Gasteiger partial charge on any atom is 0.302 e. The molecular weight excluding hydrogens is 352 g/mol. The van der Waals surface area contributed by atoms with Crippen molar-refractivity contribution in [2.75, 3.05) is 0 Å². The minimum atomic E-state index is -0.159. The third-order valence-corrected chi connectivity index (χ3v) is 8.91. The van der Waals surface area contributed by atoms with Gasteiger partial charge in [0.25, 0.3) is 0 Å². The van der Waals surface area contributed by atoms with Crippen LogP contribution in [0.4, 0.5) is 0 Å². The first-order valence-electron chi connectivity index (χ1n) is 11.2. The van der Waals surface area contributed by atoms with E-state index < -0.39 is 0 Å². The summed E-state index contributed by atoms with van der Waals surface area (Å²) in [4.78, 5) is 23.1. The fraction of sp³-hybridized carbons (Fsp3) is 0.833. The summed E-state index contributed by atoms with van der Waals surface area (Å²) < 4.78 is 11.4. The van der Waals surface area contributed by atoms with E-state index in [9.17, 15) is 9.59 Å². The van der Waals surface area contributed by atoms with Crippen molar-refractivity contribution in [3.05, 3.63) is 11.6 Å². The molecule has 3 fully saturated rings. The number of ether oxygens (including phenoxy) is 2. The standard InChI is InChI=1S/C24H36O4/c1-14-12-21-19-7-6-17-13-18(27-15(2)25)8-10-23(17,4)20(19)9-11-24(21,5)22(14)28-16(3)26/h6,14,18-22H,7-13H2,1-5H3/t14-,18+,19-,20+,21+,22+,23+,24+/m1/s1. The van der Waals surface area contributed by atoms with Crippen LogP contribution in [0.1, 0.15) is 79.6 Å². The van der Waals surface area contributed by atoms with Crippen molar-refractivity contribution in [1.82, 2.24) is 0 Å². The molecule has 4 aliphatic rings. The Balaban J connectivity index is 1.58. The molecule has 8 atom stereocenters. The van der Waals surface area contributed by atoms with Crippen LogP contribution in [-0.4, -0.2) is 24.1 Å². The highest BCUT2D eigenvalue weighted by molar-refractivity contribution is 5.66. The number of rotatable bonds is 2. The first-order chi connectivity index (χ1) is 13.1. The van der Waals surface area contributed by atoms with Gasteiger partial charge in [0.2, 0.25) is 0 Å². The van der Waals surface area contributed by atoms with Gasteiger partial charge in [-0.15, -0.1) is 0 Å². The summed E-state index contributed by atoms with van der Waals surface area (Å²) in [6.45, 7) is 10.2. The van der Waals surface area contributed by atoms with Gasteiger partial charge in [-0.1, -0.05) is 32.4 Å². The minimum absolute atomic E-state index is 0.0575. The second-order valence-electron chi connectivity index (χ2n) is 10.5. The number of hydrogen-bond donors (Lipinski definition) is 0. The maximum atomic E-state index is 11.7. The molecule has 0 N–H and O–H groups in total. The van der Waals surface area contributed by atoms with Crippen molar-refractivity contribution in [1.29, 1.82) is 0 Å². The van der Waals surface area contributed by atoms with E-state index in [0.29, 0.717) is 23.7 Å². The summed E-state index contributed by atoms with van der Waals surface area (Å²) in [5.41, 5.74) is 1.88. The molecule has 0 bridgehead atoms. The number of carbonyl (C=O) groups is 2. The Morgan fingerprint density at radius 1 is 1.04 bits per heavy atom. The Morgan fingerprint density at radius 2 is 1.75 bits per heavy atom. The summed E-state index contributed by atoms with van der Waals surface area (Å²) >= 11 is 0. The van der Waals surface area contributed by atoms with Crippen LogP contribution < -0.4 is 0 Å². The van der Waals surface area contributed by atoms with E-state index >= 15 is 0 Å². The molecule has 0 unspecified atom stereocenters. The average molecular weight is 389 g/mol. The predicted molar refractivity (Wildman–Crippen MR) is 107 cm³/mol. The lowest BCUT2D eigenvalue weighted by Crippen LogP contribution is -2.51. The van der Waals surface area contributed by atoms with Gasteiger partial charge in [0.05, 0.1) is 0 Å². The van der Waals surface area contributed by atoms with Gasteiger partial charge >= 0.3 is 11.9 Å². The summed E-state index contributed by atoms with van der Waals surface area (Å²) in [6.07, 6.45) is 10.3. The Bertz CT molecular complexity index is 697. The molecule has 0 radical (unpaired) electrons. The fourth-order valence-corrected chi connectivity index (χ4v) is 7.71. The topological polar surface area (TPSA) is 52.6 Å². The van der Waals surface area contributed by atoms with Crippen LogP contribution >= 0.6 is 0 Å². The van der Waals surface area contributed by atoms with Gasteiger partial charge in [-0.3, -0.25) is 9.59 Å². The molecule has 0 spiro atoms. The Labute approximate surface area is 169 Å². The van der Waals surface area contributed by atoms with Crippen molar-refractivity contribution < 1.29 is 19.1 Å². The monoisotopic (exact) mass is 388 g/mol. The number of esters is 2. The van der Waals surface area contributed by atoms with Gasteiger partial charge in [-0.2, -0.15) is 0 Å². The van der Waals surface area contributed by atoms with Crippen molar-refractivity contribution in [3.8, 4) is 0 Å². The Kier molecular flexibility index (Phi) is 4.91. The number of hydrogen-bond acceptors (Lipinski definition) is 4. The first kappa shape index (κ1) is 20.0. The second-order valence-corrected chi connectivity index (χ2v) is 10.5. The number of carbonyl (C=O) groups excluding carboxylic acids is 2.